The van der Waals surface area contributed by atoms with Crippen molar-refractivity contribution in [3.05, 3.63) is 42.0 Å². The van der Waals surface area contributed by atoms with E-state index < -0.39 is 0 Å². The molecule has 8 nitrogen and oxygen atoms in total. The fraction of sp³-hybridized carbons (Fsp3) is 0.353. The van der Waals surface area contributed by atoms with E-state index in [0.717, 1.165) is 12.8 Å². The summed E-state index contributed by atoms with van der Waals surface area (Å²) in [7, 11) is 1.53. The highest BCUT2D eigenvalue weighted by atomic mass is 16.5. The van der Waals surface area contributed by atoms with Gasteiger partial charge in [0.25, 0.3) is 11.8 Å². The molecule has 1 fully saturated rings. The molecule has 0 N–H and O–H groups in total. The van der Waals surface area contributed by atoms with E-state index >= 15 is 0 Å². The fourth-order valence-corrected chi connectivity index (χ4v) is 2.68. The lowest BCUT2D eigenvalue weighted by Crippen LogP contribution is -2.44. The van der Waals surface area contributed by atoms with Crippen molar-refractivity contribution < 1.29 is 14.3 Å². The molecular formula is C17H17N5O3. The normalized spacial score (nSPS) is 16.8. The van der Waals surface area contributed by atoms with Crippen LogP contribution in [0.4, 0.5) is 0 Å². The van der Waals surface area contributed by atoms with Crippen LogP contribution in [0.25, 0.3) is 0 Å². The van der Waals surface area contributed by atoms with Gasteiger partial charge in [0.1, 0.15) is 12.2 Å². The monoisotopic (exact) mass is 339 g/mol. The van der Waals surface area contributed by atoms with Crippen molar-refractivity contribution in [2.45, 2.75) is 18.9 Å². The molecule has 3 rings (SSSR count). The van der Waals surface area contributed by atoms with Gasteiger partial charge in [-0.25, -0.2) is 15.0 Å². The number of hydrogen-bond donors (Lipinski definition) is 0. The van der Waals surface area contributed by atoms with Crippen LogP contribution in [0, 0.1) is 11.3 Å². The molecule has 1 saturated heterocycles. The average molecular weight is 339 g/mol. The van der Waals surface area contributed by atoms with Crippen molar-refractivity contribution >= 4 is 5.91 Å². The summed E-state index contributed by atoms with van der Waals surface area (Å²) in [5.41, 5.74) is 0.643. The molecule has 25 heavy (non-hydrogen) atoms. The van der Waals surface area contributed by atoms with Crippen molar-refractivity contribution in [3.63, 3.8) is 0 Å². The van der Waals surface area contributed by atoms with E-state index in [4.69, 9.17) is 14.7 Å². The van der Waals surface area contributed by atoms with Crippen molar-refractivity contribution in [3.8, 4) is 17.8 Å². The Kier molecular flexibility index (Phi) is 5.04. The number of aromatic nitrogens is 3. The van der Waals surface area contributed by atoms with Gasteiger partial charge in [-0.15, -0.1) is 0 Å². The van der Waals surface area contributed by atoms with E-state index in [1.54, 1.807) is 17.0 Å². The van der Waals surface area contributed by atoms with Crippen LogP contribution in [-0.2, 0) is 0 Å². The first kappa shape index (κ1) is 16.6. The van der Waals surface area contributed by atoms with Crippen molar-refractivity contribution in [1.82, 2.24) is 19.9 Å². The number of piperidine rings is 1. The first-order valence-electron chi connectivity index (χ1n) is 7.88. The Morgan fingerprint density at radius 3 is 2.88 bits per heavy atom. The van der Waals surface area contributed by atoms with Crippen LogP contribution >= 0.6 is 0 Å². The van der Waals surface area contributed by atoms with E-state index in [-0.39, 0.29) is 23.6 Å². The Morgan fingerprint density at radius 1 is 1.32 bits per heavy atom. The van der Waals surface area contributed by atoms with Crippen LogP contribution in [0.5, 0.6) is 11.8 Å². The number of rotatable bonds is 4. The van der Waals surface area contributed by atoms with Gasteiger partial charge in [-0.05, 0) is 18.9 Å². The Hall–Kier alpha value is -3.21. The molecule has 0 radical (unpaired) electrons. The van der Waals surface area contributed by atoms with Crippen LogP contribution in [0.15, 0.2) is 30.7 Å². The summed E-state index contributed by atoms with van der Waals surface area (Å²) in [5.74, 6) is 0.557. The summed E-state index contributed by atoms with van der Waals surface area (Å²) in [4.78, 5) is 26.4. The molecule has 128 valence electrons. The van der Waals surface area contributed by atoms with Gasteiger partial charge in [0.15, 0.2) is 0 Å². The van der Waals surface area contributed by atoms with Crippen LogP contribution in [0.1, 0.15) is 28.9 Å². The lowest BCUT2D eigenvalue weighted by molar-refractivity contribution is 0.0525. The lowest BCUT2D eigenvalue weighted by atomic mass is 10.1. The number of ether oxygens (including phenoxy) is 2. The Morgan fingerprint density at radius 2 is 2.16 bits per heavy atom. The number of hydrogen-bond acceptors (Lipinski definition) is 7. The largest absolute Gasteiger partial charge is 0.481 e. The molecule has 8 heteroatoms. The highest BCUT2D eigenvalue weighted by Crippen LogP contribution is 2.20. The van der Waals surface area contributed by atoms with E-state index in [2.05, 4.69) is 15.0 Å². The minimum Gasteiger partial charge on any atom is -0.481 e. The zero-order chi connectivity index (χ0) is 17.6. The summed E-state index contributed by atoms with van der Waals surface area (Å²) >= 11 is 0. The molecule has 0 unspecified atom stereocenters. The molecule has 2 aromatic rings. The zero-order valence-corrected chi connectivity index (χ0v) is 13.8. The van der Waals surface area contributed by atoms with Crippen molar-refractivity contribution in [2.24, 2.45) is 0 Å². The number of likely N-dealkylation sites (tertiary alicyclic amines) is 1. The lowest BCUT2D eigenvalue weighted by Gasteiger charge is -2.32. The highest BCUT2D eigenvalue weighted by Gasteiger charge is 2.27. The van der Waals surface area contributed by atoms with Gasteiger partial charge in [-0.3, -0.25) is 4.79 Å². The molecule has 1 aliphatic heterocycles. The molecule has 1 atom stereocenters. The number of carbonyl (C=O) groups excluding carboxylic acids is 1. The van der Waals surface area contributed by atoms with Gasteiger partial charge in [-0.1, -0.05) is 0 Å². The van der Waals surface area contributed by atoms with Gasteiger partial charge in [0.2, 0.25) is 11.6 Å². The molecule has 1 aliphatic rings. The van der Waals surface area contributed by atoms with E-state index in [0.29, 0.717) is 24.5 Å². The fourth-order valence-electron chi connectivity index (χ4n) is 2.68. The summed E-state index contributed by atoms with van der Waals surface area (Å²) in [6, 6.07) is 5.30. The number of nitriles is 1. The molecular weight excluding hydrogens is 322 g/mol. The molecule has 0 spiro atoms. The van der Waals surface area contributed by atoms with Gasteiger partial charge in [-0.2, -0.15) is 5.26 Å². The summed E-state index contributed by atoms with van der Waals surface area (Å²) in [6.45, 7) is 1.07. The minimum atomic E-state index is -0.229. The van der Waals surface area contributed by atoms with Gasteiger partial charge >= 0.3 is 0 Å². The van der Waals surface area contributed by atoms with Gasteiger partial charge in [0, 0.05) is 31.2 Å². The second-order valence-electron chi connectivity index (χ2n) is 5.54. The molecule has 1 amide bonds. The third-order valence-corrected chi connectivity index (χ3v) is 3.91. The second kappa shape index (κ2) is 7.57. The quantitative estimate of drug-likeness (QED) is 0.830. The topological polar surface area (TPSA) is 101 Å². The molecule has 0 aromatic carbocycles. The highest BCUT2D eigenvalue weighted by molar-refractivity contribution is 5.94. The standard InChI is InChI=1S/C17H17N5O3/c1-24-15-5-4-12(10-21-15)17(23)22-8-2-3-13(11-22)25-16-14(9-18)19-6-7-20-16/h4-7,10,13H,2-3,8,11H2,1H3/t13-/m0/s1. The van der Waals surface area contributed by atoms with E-state index in [1.807, 2.05) is 6.07 Å². The first-order chi connectivity index (χ1) is 12.2. The Labute approximate surface area is 145 Å². The van der Waals surface area contributed by atoms with E-state index in [9.17, 15) is 4.79 Å². The Bertz CT molecular complexity index is 788. The first-order valence-corrected chi connectivity index (χ1v) is 7.88. The summed E-state index contributed by atoms with van der Waals surface area (Å²) < 4.78 is 10.8. The van der Waals surface area contributed by atoms with Crippen molar-refractivity contribution in [1.29, 1.82) is 5.26 Å². The van der Waals surface area contributed by atoms with Crippen LogP contribution in [0.3, 0.4) is 0 Å². The average Bonchev–Trinajstić information content (AvgIpc) is 2.68. The number of carbonyl (C=O) groups is 1. The van der Waals surface area contributed by atoms with E-state index in [1.165, 1.54) is 25.7 Å². The van der Waals surface area contributed by atoms with Crippen LogP contribution < -0.4 is 9.47 Å². The van der Waals surface area contributed by atoms with Crippen molar-refractivity contribution in [2.75, 3.05) is 20.2 Å². The maximum absolute atomic E-state index is 12.6. The predicted octanol–water partition coefficient (Wildman–Crippen LogP) is 1.44. The molecule has 0 aliphatic carbocycles. The van der Waals surface area contributed by atoms with Crippen LogP contribution in [0.2, 0.25) is 0 Å². The smallest absolute Gasteiger partial charge is 0.255 e. The van der Waals surface area contributed by atoms with Crippen LogP contribution in [-0.4, -0.2) is 52.1 Å². The molecule has 3 heterocycles. The minimum absolute atomic E-state index is 0.108. The second-order valence-corrected chi connectivity index (χ2v) is 5.54. The predicted molar refractivity (Wildman–Crippen MR) is 87.1 cm³/mol. The maximum Gasteiger partial charge on any atom is 0.255 e. The zero-order valence-electron chi connectivity index (χ0n) is 13.8. The number of methoxy groups -OCH3 is 1. The molecule has 2 aromatic heterocycles. The summed E-state index contributed by atoms with van der Waals surface area (Å²) in [5, 5.41) is 9.07. The SMILES string of the molecule is COc1ccc(C(=O)N2CCC[C@H](Oc3nccnc3C#N)C2)cn1. The third kappa shape index (κ3) is 3.83. The number of nitrogens with zero attached hydrogens (tertiary/aromatic N) is 5. The molecule has 0 saturated carbocycles. The molecule has 0 bridgehead atoms. The van der Waals surface area contributed by atoms with Gasteiger partial charge < -0.3 is 14.4 Å². The maximum atomic E-state index is 12.6. The number of pyridine rings is 1. The third-order valence-electron chi connectivity index (χ3n) is 3.91. The Balaban J connectivity index is 1.68. The van der Waals surface area contributed by atoms with Gasteiger partial charge in [0.05, 0.1) is 19.2 Å². The number of amides is 1. The summed E-state index contributed by atoms with van der Waals surface area (Å²) in [6.07, 6.45) is 5.78.